The Morgan fingerprint density at radius 2 is 1.94 bits per heavy atom. The van der Waals surface area contributed by atoms with Crippen LogP contribution in [-0.2, 0) is 0 Å². The normalized spacial score (nSPS) is 10.1. The lowest BCUT2D eigenvalue weighted by molar-refractivity contribution is 0.102. The first kappa shape index (κ1) is 12.0. The molecule has 92 valence electrons. The molecule has 0 saturated carbocycles. The predicted octanol–water partition coefficient (Wildman–Crippen LogP) is 2.19. The van der Waals surface area contributed by atoms with Gasteiger partial charge in [-0.25, -0.2) is 8.78 Å². The van der Waals surface area contributed by atoms with Gasteiger partial charge >= 0.3 is 0 Å². The molecule has 0 aliphatic rings. The number of carbonyl (C=O) groups is 1. The summed E-state index contributed by atoms with van der Waals surface area (Å²) in [7, 11) is 0. The average molecular weight is 249 g/mol. The average Bonchev–Trinajstić information content (AvgIpc) is 2.34. The Morgan fingerprint density at radius 3 is 2.67 bits per heavy atom. The summed E-state index contributed by atoms with van der Waals surface area (Å²) in [5.74, 6) is -1.77. The topological polar surface area (TPSA) is 68.0 Å². The Balaban J connectivity index is 2.24. The van der Waals surface area contributed by atoms with Gasteiger partial charge in [0.15, 0.2) is 0 Å². The summed E-state index contributed by atoms with van der Waals surface area (Å²) in [4.78, 5) is 15.3. The van der Waals surface area contributed by atoms with Crippen LogP contribution in [0.1, 0.15) is 10.4 Å². The standard InChI is InChI=1S/C12H9F2N3O/c13-8-1-2-10(15)11(4-8)17-12(18)7-3-9(14)6-16-5-7/h1-6H,15H2,(H,17,18). The minimum absolute atomic E-state index is 0.0265. The van der Waals surface area contributed by atoms with Gasteiger partial charge in [-0.15, -0.1) is 0 Å². The molecule has 0 fully saturated rings. The van der Waals surface area contributed by atoms with E-state index in [2.05, 4.69) is 10.3 Å². The fourth-order valence-corrected chi connectivity index (χ4v) is 1.37. The van der Waals surface area contributed by atoms with E-state index in [0.29, 0.717) is 0 Å². The smallest absolute Gasteiger partial charge is 0.257 e. The van der Waals surface area contributed by atoms with E-state index in [4.69, 9.17) is 5.73 Å². The number of hydrogen-bond donors (Lipinski definition) is 2. The van der Waals surface area contributed by atoms with Gasteiger partial charge in [0.05, 0.1) is 23.1 Å². The zero-order chi connectivity index (χ0) is 13.1. The number of carbonyl (C=O) groups excluding carboxylic acids is 1. The number of nitrogens with two attached hydrogens (primary N) is 1. The molecule has 18 heavy (non-hydrogen) atoms. The molecule has 3 N–H and O–H groups in total. The lowest BCUT2D eigenvalue weighted by Crippen LogP contribution is -2.14. The van der Waals surface area contributed by atoms with E-state index in [0.717, 1.165) is 18.3 Å². The van der Waals surface area contributed by atoms with E-state index in [1.807, 2.05) is 0 Å². The summed E-state index contributed by atoms with van der Waals surface area (Å²) in [5.41, 5.74) is 5.95. The first-order valence-corrected chi connectivity index (χ1v) is 5.03. The van der Waals surface area contributed by atoms with E-state index in [-0.39, 0.29) is 16.9 Å². The molecule has 1 aromatic carbocycles. The monoisotopic (exact) mass is 249 g/mol. The van der Waals surface area contributed by atoms with Crippen molar-refractivity contribution in [3.05, 3.63) is 53.9 Å². The maximum atomic E-state index is 13.0. The van der Waals surface area contributed by atoms with Crippen molar-refractivity contribution in [1.82, 2.24) is 4.98 Å². The second-order valence-corrected chi connectivity index (χ2v) is 3.58. The highest BCUT2D eigenvalue weighted by Crippen LogP contribution is 2.20. The minimum atomic E-state index is -0.630. The lowest BCUT2D eigenvalue weighted by Gasteiger charge is -2.07. The highest BCUT2D eigenvalue weighted by atomic mass is 19.1. The summed E-state index contributed by atoms with van der Waals surface area (Å²) < 4.78 is 25.9. The van der Waals surface area contributed by atoms with Crippen LogP contribution in [0.25, 0.3) is 0 Å². The first-order valence-electron chi connectivity index (χ1n) is 5.03. The van der Waals surface area contributed by atoms with Gasteiger partial charge < -0.3 is 11.1 Å². The fraction of sp³-hybridized carbons (Fsp3) is 0. The van der Waals surface area contributed by atoms with Gasteiger partial charge in [0, 0.05) is 6.20 Å². The predicted molar refractivity (Wildman–Crippen MR) is 63.0 cm³/mol. The zero-order valence-electron chi connectivity index (χ0n) is 9.15. The van der Waals surface area contributed by atoms with Gasteiger partial charge in [-0.05, 0) is 24.3 Å². The van der Waals surface area contributed by atoms with Crippen LogP contribution in [-0.4, -0.2) is 10.9 Å². The Hall–Kier alpha value is -2.50. The van der Waals surface area contributed by atoms with E-state index in [1.54, 1.807) is 0 Å². The molecule has 1 amide bonds. The minimum Gasteiger partial charge on any atom is -0.397 e. The van der Waals surface area contributed by atoms with Crippen LogP contribution in [0.2, 0.25) is 0 Å². The molecule has 0 saturated heterocycles. The van der Waals surface area contributed by atoms with Gasteiger partial charge in [0.1, 0.15) is 11.6 Å². The Bertz CT molecular complexity index is 602. The van der Waals surface area contributed by atoms with E-state index in [9.17, 15) is 13.6 Å². The molecule has 0 radical (unpaired) electrons. The summed E-state index contributed by atoms with van der Waals surface area (Å²) in [6.45, 7) is 0. The third-order valence-corrected chi connectivity index (χ3v) is 2.23. The van der Waals surface area contributed by atoms with E-state index in [1.165, 1.54) is 18.3 Å². The molecule has 4 nitrogen and oxygen atoms in total. The number of halogens is 2. The van der Waals surface area contributed by atoms with Crippen LogP contribution in [0.3, 0.4) is 0 Å². The van der Waals surface area contributed by atoms with Gasteiger partial charge in [0.2, 0.25) is 0 Å². The van der Waals surface area contributed by atoms with Crippen LogP contribution in [0.5, 0.6) is 0 Å². The van der Waals surface area contributed by atoms with Crippen LogP contribution in [0.4, 0.5) is 20.2 Å². The molecule has 1 aromatic heterocycles. The number of amides is 1. The summed E-state index contributed by atoms with van der Waals surface area (Å²) in [6.07, 6.45) is 2.18. The Morgan fingerprint density at radius 1 is 1.17 bits per heavy atom. The van der Waals surface area contributed by atoms with Crippen LogP contribution < -0.4 is 11.1 Å². The Labute approximate surface area is 101 Å². The fourth-order valence-electron chi connectivity index (χ4n) is 1.37. The van der Waals surface area contributed by atoms with E-state index >= 15 is 0 Å². The number of aromatic nitrogens is 1. The molecule has 0 aliphatic heterocycles. The number of nitrogens with zero attached hydrogens (tertiary/aromatic N) is 1. The van der Waals surface area contributed by atoms with Crippen LogP contribution in [0.15, 0.2) is 36.7 Å². The SMILES string of the molecule is Nc1ccc(F)cc1NC(=O)c1cncc(F)c1. The second-order valence-electron chi connectivity index (χ2n) is 3.58. The van der Waals surface area contributed by atoms with Gasteiger partial charge in [-0.2, -0.15) is 0 Å². The van der Waals surface area contributed by atoms with Crippen LogP contribution >= 0.6 is 0 Å². The van der Waals surface area contributed by atoms with Crippen molar-refractivity contribution in [3.8, 4) is 0 Å². The van der Waals surface area contributed by atoms with Gasteiger partial charge in [-0.3, -0.25) is 9.78 Å². The molecule has 0 unspecified atom stereocenters. The number of nitrogens with one attached hydrogen (secondary N) is 1. The van der Waals surface area contributed by atoms with Crippen molar-refractivity contribution >= 4 is 17.3 Å². The largest absolute Gasteiger partial charge is 0.397 e. The van der Waals surface area contributed by atoms with Crippen molar-refractivity contribution in [2.24, 2.45) is 0 Å². The van der Waals surface area contributed by atoms with E-state index < -0.39 is 17.5 Å². The quantitative estimate of drug-likeness (QED) is 0.801. The van der Waals surface area contributed by atoms with Crippen LogP contribution in [0, 0.1) is 11.6 Å². The maximum Gasteiger partial charge on any atom is 0.257 e. The second kappa shape index (κ2) is 4.79. The number of hydrogen-bond acceptors (Lipinski definition) is 3. The third-order valence-electron chi connectivity index (χ3n) is 2.23. The van der Waals surface area contributed by atoms with Crippen molar-refractivity contribution in [2.45, 2.75) is 0 Å². The number of benzene rings is 1. The summed E-state index contributed by atoms with van der Waals surface area (Å²) >= 11 is 0. The summed E-state index contributed by atoms with van der Waals surface area (Å²) in [5, 5.41) is 2.38. The molecule has 0 aliphatic carbocycles. The molecular weight excluding hydrogens is 240 g/mol. The lowest BCUT2D eigenvalue weighted by atomic mass is 10.2. The van der Waals surface area contributed by atoms with Crippen molar-refractivity contribution in [1.29, 1.82) is 0 Å². The maximum absolute atomic E-state index is 13.0. The Kier molecular flexibility index (Phi) is 3.18. The zero-order valence-corrected chi connectivity index (χ0v) is 9.15. The van der Waals surface area contributed by atoms with Crippen molar-refractivity contribution in [3.63, 3.8) is 0 Å². The molecule has 0 spiro atoms. The molecule has 0 atom stereocenters. The van der Waals surface area contributed by atoms with Gasteiger partial charge in [0.25, 0.3) is 5.91 Å². The number of anilines is 2. The summed E-state index contributed by atoms with van der Waals surface area (Å²) in [6, 6.07) is 4.61. The van der Waals surface area contributed by atoms with Crippen molar-refractivity contribution in [2.75, 3.05) is 11.1 Å². The molecule has 1 heterocycles. The molecule has 2 rings (SSSR count). The van der Waals surface area contributed by atoms with Crippen molar-refractivity contribution < 1.29 is 13.6 Å². The highest BCUT2D eigenvalue weighted by molar-refractivity contribution is 6.05. The molecule has 0 bridgehead atoms. The number of pyridine rings is 1. The van der Waals surface area contributed by atoms with Gasteiger partial charge in [-0.1, -0.05) is 0 Å². The molecular formula is C12H9F2N3O. The molecule has 2 aromatic rings. The first-order chi connectivity index (χ1) is 8.56. The number of rotatable bonds is 2. The highest BCUT2D eigenvalue weighted by Gasteiger charge is 2.10. The number of nitrogen functional groups attached to an aromatic ring is 1. The molecule has 6 heteroatoms. The third kappa shape index (κ3) is 2.60.